The lowest BCUT2D eigenvalue weighted by molar-refractivity contribution is -0.144. The SMILES string of the molecule is CCC(C(=O)O)N1CCC(Cc2ccc(OC)cc2)CC1.Cl. The molecule has 0 aromatic heterocycles. The van der Waals surface area contributed by atoms with Crippen LogP contribution in [-0.4, -0.2) is 42.2 Å². The van der Waals surface area contributed by atoms with Crippen molar-refractivity contribution in [3.8, 4) is 5.75 Å². The van der Waals surface area contributed by atoms with Crippen LogP contribution in [0.1, 0.15) is 31.7 Å². The van der Waals surface area contributed by atoms with Crippen LogP contribution in [0.5, 0.6) is 5.75 Å². The minimum absolute atomic E-state index is 0. The maximum Gasteiger partial charge on any atom is 0.320 e. The van der Waals surface area contributed by atoms with E-state index < -0.39 is 5.97 Å². The van der Waals surface area contributed by atoms with Gasteiger partial charge in [0.2, 0.25) is 0 Å². The highest BCUT2D eigenvalue weighted by atomic mass is 35.5. The van der Waals surface area contributed by atoms with Crippen LogP contribution < -0.4 is 4.74 Å². The summed E-state index contributed by atoms with van der Waals surface area (Å²) < 4.78 is 5.17. The molecule has 1 aliphatic rings. The molecule has 0 bridgehead atoms. The van der Waals surface area contributed by atoms with Crippen molar-refractivity contribution in [2.75, 3.05) is 20.2 Å². The number of nitrogens with zero attached hydrogens (tertiary/aromatic N) is 1. The van der Waals surface area contributed by atoms with Crippen LogP contribution >= 0.6 is 12.4 Å². The van der Waals surface area contributed by atoms with Gasteiger partial charge in [0.1, 0.15) is 11.8 Å². The summed E-state index contributed by atoms with van der Waals surface area (Å²) >= 11 is 0. The minimum atomic E-state index is -0.689. The Hall–Kier alpha value is -1.26. The molecule has 22 heavy (non-hydrogen) atoms. The molecule has 1 fully saturated rings. The first-order chi connectivity index (χ1) is 10.1. The van der Waals surface area contributed by atoms with E-state index in [2.05, 4.69) is 17.0 Å². The Morgan fingerprint density at radius 2 is 1.91 bits per heavy atom. The van der Waals surface area contributed by atoms with E-state index in [0.29, 0.717) is 12.3 Å². The number of benzene rings is 1. The number of carboxylic acids is 1. The third kappa shape index (κ3) is 4.89. The molecule has 5 heteroatoms. The number of piperidine rings is 1. The Morgan fingerprint density at radius 1 is 1.32 bits per heavy atom. The zero-order valence-electron chi connectivity index (χ0n) is 13.3. The molecule has 1 aliphatic heterocycles. The fraction of sp³-hybridized carbons (Fsp3) is 0.588. The predicted molar refractivity (Wildman–Crippen MR) is 90.0 cm³/mol. The van der Waals surface area contributed by atoms with E-state index in [0.717, 1.165) is 38.1 Å². The maximum absolute atomic E-state index is 11.2. The Balaban J connectivity index is 0.00000242. The highest BCUT2D eigenvalue weighted by Crippen LogP contribution is 2.24. The van der Waals surface area contributed by atoms with Gasteiger partial charge in [0.25, 0.3) is 0 Å². The molecule has 1 unspecified atom stereocenters. The summed E-state index contributed by atoms with van der Waals surface area (Å²) in [4.78, 5) is 13.3. The number of ether oxygens (including phenoxy) is 1. The second-order valence-electron chi connectivity index (χ2n) is 5.79. The molecule has 0 radical (unpaired) electrons. The summed E-state index contributed by atoms with van der Waals surface area (Å²) in [6.45, 7) is 3.74. The van der Waals surface area contributed by atoms with Crippen LogP contribution in [0.2, 0.25) is 0 Å². The van der Waals surface area contributed by atoms with Crippen LogP contribution in [0.4, 0.5) is 0 Å². The first-order valence-corrected chi connectivity index (χ1v) is 7.73. The van der Waals surface area contributed by atoms with E-state index in [1.54, 1.807) is 7.11 Å². The summed E-state index contributed by atoms with van der Waals surface area (Å²) in [6.07, 6.45) is 3.91. The third-order valence-electron chi connectivity index (χ3n) is 4.45. The monoisotopic (exact) mass is 327 g/mol. The van der Waals surface area contributed by atoms with Crippen LogP contribution in [0.25, 0.3) is 0 Å². The Labute approximate surface area is 138 Å². The smallest absolute Gasteiger partial charge is 0.320 e. The molecular weight excluding hydrogens is 302 g/mol. The van der Waals surface area contributed by atoms with Crippen LogP contribution in [-0.2, 0) is 11.2 Å². The molecule has 2 rings (SSSR count). The Bertz CT molecular complexity index is 455. The summed E-state index contributed by atoms with van der Waals surface area (Å²) in [5.41, 5.74) is 1.33. The number of aliphatic carboxylic acids is 1. The predicted octanol–water partition coefficient (Wildman–Crippen LogP) is 3.23. The van der Waals surface area contributed by atoms with E-state index in [1.807, 2.05) is 19.1 Å². The molecule has 4 nitrogen and oxygen atoms in total. The van der Waals surface area contributed by atoms with Gasteiger partial charge < -0.3 is 9.84 Å². The van der Waals surface area contributed by atoms with Crippen molar-refractivity contribution in [3.63, 3.8) is 0 Å². The lowest BCUT2D eigenvalue weighted by Gasteiger charge is -2.35. The quantitative estimate of drug-likeness (QED) is 0.871. The van der Waals surface area contributed by atoms with Gasteiger partial charge in [-0.05, 0) is 62.4 Å². The Morgan fingerprint density at radius 3 is 2.36 bits per heavy atom. The number of methoxy groups -OCH3 is 1. The van der Waals surface area contributed by atoms with Gasteiger partial charge in [0.05, 0.1) is 7.11 Å². The van der Waals surface area contributed by atoms with E-state index in [9.17, 15) is 9.90 Å². The number of rotatable bonds is 6. The molecule has 124 valence electrons. The molecule has 1 aromatic rings. The lowest BCUT2D eigenvalue weighted by Crippen LogP contribution is -2.45. The van der Waals surface area contributed by atoms with Crippen LogP contribution in [0, 0.1) is 5.92 Å². The normalized spacial score (nSPS) is 17.5. The van der Waals surface area contributed by atoms with Crippen molar-refractivity contribution in [1.29, 1.82) is 0 Å². The molecule has 1 saturated heterocycles. The maximum atomic E-state index is 11.2. The van der Waals surface area contributed by atoms with Crippen molar-refractivity contribution >= 4 is 18.4 Å². The molecule has 1 atom stereocenters. The number of hydrogen-bond acceptors (Lipinski definition) is 3. The van der Waals surface area contributed by atoms with Crippen LogP contribution in [0.3, 0.4) is 0 Å². The van der Waals surface area contributed by atoms with Gasteiger partial charge in [0, 0.05) is 0 Å². The molecule has 0 amide bonds. The molecule has 1 heterocycles. The number of hydrogen-bond donors (Lipinski definition) is 1. The third-order valence-corrected chi connectivity index (χ3v) is 4.45. The number of carbonyl (C=O) groups is 1. The second-order valence-corrected chi connectivity index (χ2v) is 5.79. The van der Waals surface area contributed by atoms with E-state index >= 15 is 0 Å². The van der Waals surface area contributed by atoms with E-state index in [-0.39, 0.29) is 18.4 Å². The highest BCUT2D eigenvalue weighted by Gasteiger charge is 2.28. The second kappa shape index (κ2) is 9.01. The first kappa shape index (κ1) is 18.8. The molecular formula is C17H26ClNO3. The van der Waals surface area contributed by atoms with Gasteiger partial charge in [-0.15, -0.1) is 12.4 Å². The topological polar surface area (TPSA) is 49.8 Å². The summed E-state index contributed by atoms with van der Waals surface area (Å²) in [7, 11) is 1.68. The fourth-order valence-corrected chi connectivity index (χ4v) is 3.15. The summed E-state index contributed by atoms with van der Waals surface area (Å²) in [6, 6.07) is 7.94. The Kier molecular flexibility index (Phi) is 7.69. The van der Waals surface area contributed by atoms with Crippen molar-refractivity contribution in [3.05, 3.63) is 29.8 Å². The van der Waals surface area contributed by atoms with E-state index in [4.69, 9.17) is 4.74 Å². The van der Waals surface area contributed by atoms with Crippen molar-refractivity contribution in [2.24, 2.45) is 5.92 Å². The van der Waals surface area contributed by atoms with Gasteiger partial charge in [-0.2, -0.15) is 0 Å². The lowest BCUT2D eigenvalue weighted by atomic mass is 9.89. The highest BCUT2D eigenvalue weighted by molar-refractivity contribution is 5.85. The van der Waals surface area contributed by atoms with Crippen molar-refractivity contribution in [1.82, 2.24) is 4.90 Å². The average molecular weight is 328 g/mol. The zero-order valence-corrected chi connectivity index (χ0v) is 14.1. The van der Waals surface area contributed by atoms with Gasteiger partial charge in [0.15, 0.2) is 0 Å². The fourth-order valence-electron chi connectivity index (χ4n) is 3.15. The van der Waals surface area contributed by atoms with Gasteiger partial charge >= 0.3 is 5.97 Å². The molecule has 0 spiro atoms. The largest absolute Gasteiger partial charge is 0.497 e. The standard InChI is InChI=1S/C17H25NO3.ClH/c1-3-16(17(19)20)18-10-8-14(9-11-18)12-13-4-6-15(21-2)7-5-13;/h4-7,14,16H,3,8-12H2,1-2H3,(H,19,20);1H. The average Bonchev–Trinajstić information content (AvgIpc) is 2.50. The molecule has 0 aliphatic carbocycles. The van der Waals surface area contributed by atoms with Crippen LogP contribution in [0.15, 0.2) is 24.3 Å². The number of likely N-dealkylation sites (tertiary alicyclic amines) is 1. The van der Waals surface area contributed by atoms with Gasteiger partial charge in [-0.25, -0.2) is 0 Å². The first-order valence-electron chi connectivity index (χ1n) is 7.73. The van der Waals surface area contributed by atoms with Crippen molar-refractivity contribution < 1.29 is 14.6 Å². The number of carboxylic acid groups (broad SMARTS) is 1. The minimum Gasteiger partial charge on any atom is -0.497 e. The molecule has 1 N–H and O–H groups in total. The van der Waals surface area contributed by atoms with Gasteiger partial charge in [-0.3, -0.25) is 9.69 Å². The number of halogens is 1. The van der Waals surface area contributed by atoms with Gasteiger partial charge in [-0.1, -0.05) is 19.1 Å². The summed E-state index contributed by atoms with van der Waals surface area (Å²) in [5, 5.41) is 9.22. The summed E-state index contributed by atoms with van der Waals surface area (Å²) in [5.74, 6) is 0.855. The molecule has 0 saturated carbocycles. The zero-order chi connectivity index (χ0) is 15.2. The van der Waals surface area contributed by atoms with Crippen molar-refractivity contribution in [2.45, 2.75) is 38.6 Å². The molecule has 1 aromatic carbocycles. The van der Waals surface area contributed by atoms with E-state index in [1.165, 1.54) is 5.56 Å².